The first kappa shape index (κ1) is 17.2. The van der Waals surface area contributed by atoms with Crippen LogP contribution in [-0.4, -0.2) is 37.1 Å². The van der Waals surface area contributed by atoms with Crippen LogP contribution in [0.5, 0.6) is 5.75 Å². The van der Waals surface area contributed by atoms with Gasteiger partial charge in [-0.25, -0.2) is 4.99 Å². The minimum Gasteiger partial charge on any atom is -0.489 e. The van der Waals surface area contributed by atoms with Crippen molar-refractivity contribution in [1.29, 1.82) is 0 Å². The third-order valence-electron chi connectivity index (χ3n) is 2.66. The third kappa shape index (κ3) is 4.93. The van der Waals surface area contributed by atoms with Crippen molar-refractivity contribution in [1.82, 2.24) is 4.90 Å². The van der Waals surface area contributed by atoms with E-state index in [1.165, 1.54) is 0 Å². The number of benzene rings is 1. The van der Waals surface area contributed by atoms with E-state index in [1.807, 2.05) is 18.7 Å². The Kier molecular flexibility index (Phi) is 7.27. The summed E-state index contributed by atoms with van der Waals surface area (Å²) in [6.07, 6.45) is 0. The molecule has 20 heavy (non-hydrogen) atoms. The van der Waals surface area contributed by atoms with Crippen LogP contribution in [0.2, 0.25) is 15.1 Å². The molecule has 0 unspecified atom stereocenters. The van der Waals surface area contributed by atoms with Gasteiger partial charge in [0.1, 0.15) is 6.61 Å². The highest BCUT2D eigenvalue weighted by Gasteiger charge is 2.09. The van der Waals surface area contributed by atoms with Crippen LogP contribution in [0.4, 0.5) is 0 Å². The van der Waals surface area contributed by atoms with Gasteiger partial charge in [0.05, 0.1) is 16.6 Å². The van der Waals surface area contributed by atoms with Crippen molar-refractivity contribution in [2.45, 2.75) is 13.8 Å². The molecule has 112 valence electrons. The second-order valence-electron chi connectivity index (χ2n) is 3.96. The lowest BCUT2D eigenvalue weighted by Crippen LogP contribution is -2.37. The summed E-state index contributed by atoms with van der Waals surface area (Å²) in [5.41, 5.74) is 5.85. The highest BCUT2D eigenvalue weighted by molar-refractivity contribution is 6.40. The van der Waals surface area contributed by atoms with Crippen molar-refractivity contribution in [2.75, 3.05) is 26.2 Å². The average molecular weight is 339 g/mol. The van der Waals surface area contributed by atoms with E-state index in [1.54, 1.807) is 12.1 Å². The molecule has 0 heterocycles. The lowest BCUT2D eigenvalue weighted by molar-refractivity contribution is 0.328. The fourth-order valence-corrected chi connectivity index (χ4v) is 2.55. The minimum atomic E-state index is 0.336. The van der Waals surface area contributed by atoms with Crippen molar-refractivity contribution in [2.24, 2.45) is 10.7 Å². The van der Waals surface area contributed by atoms with Crippen molar-refractivity contribution >= 4 is 40.8 Å². The molecule has 0 saturated carbocycles. The zero-order valence-corrected chi connectivity index (χ0v) is 13.8. The molecule has 0 amide bonds. The lowest BCUT2D eigenvalue weighted by Gasteiger charge is -2.19. The third-order valence-corrected chi connectivity index (χ3v) is 3.44. The first-order valence-corrected chi connectivity index (χ1v) is 7.45. The van der Waals surface area contributed by atoms with Gasteiger partial charge in [-0.3, -0.25) is 0 Å². The Balaban J connectivity index is 2.55. The number of aliphatic imine (C=N–C) groups is 1. The summed E-state index contributed by atoms with van der Waals surface area (Å²) in [6.45, 7) is 6.45. The number of nitrogens with zero attached hydrogens (tertiary/aromatic N) is 2. The average Bonchev–Trinajstić information content (AvgIpc) is 2.38. The predicted octanol–water partition coefficient (Wildman–Crippen LogP) is 3.68. The maximum Gasteiger partial charge on any atom is 0.191 e. The normalized spacial score (nSPS) is 11.6. The zero-order chi connectivity index (χ0) is 15.1. The first-order chi connectivity index (χ1) is 9.49. The van der Waals surface area contributed by atoms with Crippen LogP contribution in [0.25, 0.3) is 0 Å². The molecule has 1 aromatic rings. The van der Waals surface area contributed by atoms with Crippen LogP contribution in [-0.2, 0) is 0 Å². The van der Waals surface area contributed by atoms with E-state index in [4.69, 9.17) is 45.3 Å². The van der Waals surface area contributed by atoms with E-state index in [0.29, 0.717) is 39.9 Å². The molecular weight excluding hydrogens is 321 g/mol. The molecule has 2 N–H and O–H groups in total. The first-order valence-electron chi connectivity index (χ1n) is 6.31. The van der Waals surface area contributed by atoms with Gasteiger partial charge in [0.15, 0.2) is 11.7 Å². The SMILES string of the molecule is CCN(CC)C(N)=NCCOc1c(Cl)cc(Cl)cc1Cl. The van der Waals surface area contributed by atoms with Crippen LogP contribution in [0.1, 0.15) is 13.8 Å². The molecule has 0 aromatic heterocycles. The van der Waals surface area contributed by atoms with Crippen LogP contribution in [0.15, 0.2) is 17.1 Å². The minimum absolute atomic E-state index is 0.336. The molecule has 0 aliphatic rings. The number of nitrogens with two attached hydrogens (primary N) is 1. The molecule has 4 nitrogen and oxygen atoms in total. The van der Waals surface area contributed by atoms with E-state index in [-0.39, 0.29) is 0 Å². The molecule has 0 aliphatic carbocycles. The number of hydrogen-bond donors (Lipinski definition) is 1. The maximum absolute atomic E-state index is 6.01. The number of hydrogen-bond acceptors (Lipinski definition) is 2. The summed E-state index contributed by atoms with van der Waals surface area (Å²) < 4.78 is 5.52. The van der Waals surface area contributed by atoms with E-state index in [2.05, 4.69) is 4.99 Å². The molecule has 0 atom stereocenters. The van der Waals surface area contributed by atoms with E-state index in [0.717, 1.165) is 13.1 Å². The lowest BCUT2D eigenvalue weighted by atomic mass is 10.3. The summed E-state index contributed by atoms with van der Waals surface area (Å²) in [5.74, 6) is 0.918. The number of guanidine groups is 1. The van der Waals surface area contributed by atoms with E-state index < -0.39 is 0 Å². The fourth-order valence-electron chi connectivity index (χ4n) is 1.62. The highest BCUT2D eigenvalue weighted by Crippen LogP contribution is 2.35. The van der Waals surface area contributed by atoms with Crippen LogP contribution in [0, 0.1) is 0 Å². The van der Waals surface area contributed by atoms with Crippen LogP contribution >= 0.6 is 34.8 Å². The Hall–Kier alpha value is -0.840. The van der Waals surface area contributed by atoms with Gasteiger partial charge in [-0.05, 0) is 26.0 Å². The van der Waals surface area contributed by atoms with Crippen molar-refractivity contribution in [3.05, 3.63) is 27.2 Å². The fraction of sp³-hybridized carbons (Fsp3) is 0.462. The molecule has 1 aromatic carbocycles. The van der Waals surface area contributed by atoms with Crippen LogP contribution in [0.3, 0.4) is 0 Å². The van der Waals surface area contributed by atoms with Crippen molar-refractivity contribution < 1.29 is 4.74 Å². The summed E-state index contributed by atoms with van der Waals surface area (Å²) in [6, 6.07) is 3.16. The predicted molar refractivity (Wildman–Crippen MR) is 86.4 cm³/mol. The monoisotopic (exact) mass is 337 g/mol. The quantitative estimate of drug-likeness (QED) is 0.489. The summed E-state index contributed by atoms with van der Waals surface area (Å²) >= 11 is 17.8. The summed E-state index contributed by atoms with van der Waals surface area (Å²) in [5, 5.41) is 1.22. The van der Waals surface area contributed by atoms with Gasteiger partial charge in [-0.1, -0.05) is 34.8 Å². The molecule has 0 aliphatic heterocycles. The Morgan fingerprint density at radius 2 is 1.75 bits per heavy atom. The van der Waals surface area contributed by atoms with Gasteiger partial charge in [-0.2, -0.15) is 0 Å². The molecular formula is C13H18Cl3N3O. The standard InChI is InChI=1S/C13H18Cl3N3O/c1-3-19(4-2)13(17)18-5-6-20-12-10(15)7-9(14)8-11(12)16/h7-8H,3-6H2,1-2H3,(H2,17,18). The summed E-state index contributed by atoms with van der Waals surface area (Å²) in [4.78, 5) is 6.20. The summed E-state index contributed by atoms with van der Waals surface area (Å²) in [7, 11) is 0. The number of rotatable bonds is 6. The molecule has 0 saturated heterocycles. The zero-order valence-electron chi connectivity index (χ0n) is 11.5. The Labute approximate surface area is 134 Å². The molecule has 1 rings (SSSR count). The van der Waals surface area contributed by atoms with Gasteiger partial charge in [0.25, 0.3) is 0 Å². The van der Waals surface area contributed by atoms with Crippen molar-refractivity contribution in [3.63, 3.8) is 0 Å². The van der Waals surface area contributed by atoms with Gasteiger partial charge in [0, 0.05) is 18.1 Å². The number of ether oxygens (including phenoxy) is 1. The molecule has 7 heteroatoms. The van der Waals surface area contributed by atoms with Gasteiger partial charge in [0.2, 0.25) is 0 Å². The van der Waals surface area contributed by atoms with Gasteiger partial charge in [-0.15, -0.1) is 0 Å². The second-order valence-corrected chi connectivity index (χ2v) is 5.21. The number of halogens is 3. The Morgan fingerprint density at radius 3 is 2.25 bits per heavy atom. The Morgan fingerprint density at radius 1 is 1.20 bits per heavy atom. The molecule has 0 bridgehead atoms. The smallest absolute Gasteiger partial charge is 0.191 e. The molecule has 0 radical (unpaired) electrons. The highest BCUT2D eigenvalue weighted by atomic mass is 35.5. The molecule has 0 fully saturated rings. The second kappa shape index (κ2) is 8.45. The van der Waals surface area contributed by atoms with Gasteiger partial charge < -0.3 is 15.4 Å². The van der Waals surface area contributed by atoms with Crippen LogP contribution < -0.4 is 10.5 Å². The largest absolute Gasteiger partial charge is 0.489 e. The van der Waals surface area contributed by atoms with E-state index in [9.17, 15) is 0 Å². The topological polar surface area (TPSA) is 50.8 Å². The maximum atomic E-state index is 6.01. The molecule has 0 spiro atoms. The van der Waals surface area contributed by atoms with Gasteiger partial charge >= 0.3 is 0 Å². The Bertz CT molecular complexity index is 453. The van der Waals surface area contributed by atoms with E-state index >= 15 is 0 Å². The van der Waals surface area contributed by atoms with Crippen molar-refractivity contribution in [3.8, 4) is 5.75 Å².